The summed E-state index contributed by atoms with van der Waals surface area (Å²) in [5.74, 6) is -0.545. The predicted octanol–water partition coefficient (Wildman–Crippen LogP) is 2.99. The first-order chi connectivity index (χ1) is 9.39. The molecule has 0 atom stereocenters. The van der Waals surface area contributed by atoms with Crippen LogP contribution in [0.1, 0.15) is 32.3 Å². The summed E-state index contributed by atoms with van der Waals surface area (Å²) in [6.07, 6.45) is 1.18. The quantitative estimate of drug-likeness (QED) is 0.918. The van der Waals surface area contributed by atoms with Crippen LogP contribution in [0.5, 0.6) is 0 Å². The smallest absolute Gasteiger partial charge is 0.129 e. The van der Waals surface area contributed by atoms with Gasteiger partial charge in [0.25, 0.3) is 0 Å². The number of hydrogen-bond acceptors (Lipinski definition) is 2. The summed E-state index contributed by atoms with van der Waals surface area (Å²) < 4.78 is 27.3. The van der Waals surface area contributed by atoms with Gasteiger partial charge in [-0.2, -0.15) is 0 Å². The molecule has 2 rings (SSSR count). The van der Waals surface area contributed by atoms with Crippen LogP contribution in [0.4, 0.5) is 8.78 Å². The molecule has 0 radical (unpaired) electrons. The lowest BCUT2D eigenvalue weighted by Crippen LogP contribution is -2.46. The van der Waals surface area contributed by atoms with Crippen molar-refractivity contribution in [2.75, 3.05) is 19.6 Å². The number of rotatable bonds is 4. The Morgan fingerprint density at radius 2 is 1.75 bits per heavy atom. The maximum absolute atomic E-state index is 13.7. The van der Waals surface area contributed by atoms with Crippen molar-refractivity contribution < 1.29 is 13.9 Å². The molecule has 1 aliphatic heterocycles. The molecule has 2 nitrogen and oxygen atoms in total. The number of piperidine rings is 1. The van der Waals surface area contributed by atoms with E-state index in [2.05, 4.69) is 18.7 Å². The van der Waals surface area contributed by atoms with Gasteiger partial charge in [-0.25, -0.2) is 8.78 Å². The minimum absolute atomic E-state index is 0.00677. The van der Waals surface area contributed by atoms with Gasteiger partial charge < -0.3 is 10.0 Å². The van der Waals surface area contributed by atoms with Crippen molar-refractivity contribution in [3.8, 4) is 0 Å². The van der Waals surface area contributed by atoms with E-state index in [4.69, 9.17) is 0 Å². The third-order valence-corrected chi connectivity index (χ3v) is 3.98. The number of likely N-dealkylation sites (tertiary alicyclic amines) is 1. The largest absolute Gasteiger partial charge is 0.389 e. The minimum atomic E-state index is -0.990. The molecule has 1 heterocycles. The average molecular weight is 283 g/mol. The van der Waals surface area contributed by atoms with E-state index in [-0.39, 0.29) is 12.0 Å². The summed E-state index contributed by atoms with van der Waals surface area (Å²) in [5.41, 5.74) is -0.983. The summed E-state index contributed by atoms with van der Waals surface area (Å²) in [5, 5.41) is 10.6. The topological polar surface area (TPSA) is 23.5 Å². The molecule has 1 aromatic carbocycles. The Labute approximate surface area is 119 Å². The van der Waals surface area contributed by atoms with E-state index < -0.39 is 17.2 Å². The second-order valence-electron chi connectivity index (χ2n) is 6.30. The summed E-state index contributed by atoms with van der Waals surface area (Å²) in [7, 11) is 0. The van der Waals surface area contributed by atoms with Crippen molar-refractivity contribution >= 4 is 0 Å². The second kappa shape index (κ2) is 6.19. The van der Waals surface area contributed by atoms with Crippen LogP contribution >= 0.6 is 0 Å². The van der Waals surface area contributed by atoms with Crippen LogP contribution < -0.4 is 0 Å². The first-order valence-corrected chi connectivity index (χ1v) is 7.27. The van der Waals surface area contributed by atoms with Crippen molar-refractivity contribution in [1.29, 1.82) is 0 Å². The lowest BCUT2D eigenvalue weighted by Gasteiger charge is -2.39. The number of benzene rings is 1. The molecule has 20 heavy (non-hydrogen) atoms. The van der Waals surface area contributed by atoms with Crippen LogP contribution in [0.15, 0.2) is 18.2 Å². The molecule has 0 unspecified atom stereocenters. The fourth-order valence-electron chi connectivity index (χ4n) is 2.88. The fraction of sp³-hybridized carbons (Fsp3) is 0.625. The molecule has 1 saturated heterocycles. The van der Waals surface area contributed by atoms with Gasteiger partial charge in [0.2, 0.25) is 0 Å². The number of hydrogen-bond donors (Lipinski definition) is 1. The van der Waals surface area contributed by atoms with Gasteiger partial charge in [0.15, 0.2) is 0 Å². The number of nitrogens with zero attached hydrogens (tertiary/aromatic N) is 1. The normalized spacial score (nSPS) is 19.5. The van der Waals surface area contributed by atoms with E-state index >= 15 is 0 Å². The van der Waals surface area contributed by atoms with E-state index in [1.54, 1.807) is 0 Å². The molecule has 0 bridgehead atoms. The number of halogens is 2. The van der Waals surface area contributed by atoms with Crippen molar-refractivity contribution in [1.82, 2.24) is 4.90 Å². The zero-order chi connectivity index (χ0) is 14.8. The fourth-order valence-corrected chi connectivity index (χ4v) is 2.88. The Bertz CT molecular complexity index is 434. The van der Waals surface area contributed by atoms with E-state index in [0.717, 1.165) is 19.6 Å². The Morgan fingerprint density at radius 1 is 1.20 bits per heavy atom. The molecule has 1 fully saturated rings. The monoisotopic (exact) mass is 283 g/mol. The molecule has 1 N–H and O–H groups in total. The number of aliphatic hydroxyl groups is 1. The van der Waals surface area contributed by atoms with E-state index in [9.17, 15) is 13.9 Å². The lowest BCUT2D eigenvalue weighted by atomic mass is 9.85. The third-order valence-electron chi connectivity index (χ3n) is 3.98. The molecule has 1 aromatic rings. The second-order valence-corrected chi connectivity index (χ2v) is 6.30. The first-order valence-electron chi connectivity index (χ1n) is 7.27. The molecule has 0 saturated carbocycles. The van der Waals surface area contributed by atoms with E-state index in [1.807, 2.05) is 0 Å². The van der Waals surface area contributed by atoms with Crippen LogP contribution in [0.25, 0.3) is 0 Å². The Morgan fingerprint density at radius 3 is 2.25 bits per heavy atom. The van der Waals surface area contributed by atoms with Gasteiger partial charge in [-0.15, -0.1) is 0 Å². The summed E-state index contributed by atoms with van der Waals surface area (Å²) in [4.78, 5) is 2.30. The molecular formula is C16H23F2NO. The van der Waals surface area contributed by atoms with Gasteiger partial charge in [-0.3, -0.25) is 0 Å². The van der Waals surface area contributed by atoms with Gasteiger partial charge in [0, 0.05) is 31.6 Å². The Kier molecular flexibility index (Phi) is 4.76. The maximum atomic E-state index is 13.7. The SMILES string of the molecule is CC(C)CN1CCC(O)(Cc2c(F)cccc2F)CC1. The van der Waals surface area contributed by atoms with Crippen LogP contribution in [-0.4, -0.2) is 35.2 Å². The summed E-state index contributed by atoms with van der Waals surface area (Å²) in [6.45, 7) is 6.89. The van der Waals surface area contributed by atoms with Crippen LogP contribution in [-0.2, 0) is 6.42 Å². The Hall–Kier alpha value is -1.00. The molecule has 4 heteroatoms. The predicted molar refractivity (Wildman–Crippen MR) is 75.5 cm³/mol. The van der Waals surface area contributed by atoms with Crippen LogP contribution in [0.3, 0.4) is 0 Å². The summed E-state index contributed by atoms with van der Waals surface area (Å²) >= 11 is 0. The highest BCUT2D eigenvalue weighted by atomic mass is 19.1. The average Bonchev–Trinajstić information content (AvgIpc) is 2.37. The van der Waals surface area contributed by atoms with Crippen LogP contribution in [0.2, 0.25) is 0 Å². The molecule has 112 valence electrons. The van der Waals surface area contributed by atoms with Crippen LogP contribution in [0, 0.1) is 17.6 Å². The highest BCUT2D eigenvalue weighted by Gasteiger charge is 2.34. The molecule has 0 aromatic heterocycles. The van der Waals surface area contributed by atoms with Gasteiger partial charge in [0.05, 0.1) is 5.60 Å². The zero-order valence-corrected chi connectivity index (χ0v) is 12.2. The molecule has 0 amide bonds. The van der Waals surface area contributed by atoms with Crippen molar-refractivity contribution in [3.63, 3.8) is 0 Å². The van der Waals surface area contributed by atoms with Crippen molar-refractivity contribution in [2.24, 2.45) is 5.92 Å². The lowest BCUT2D eigenvalue weighted by molar-refractivity contribution is -0.0238. The molecule has 0 spiro atoms. The van der Waals surface area contributed by atoms with Gasteiger partial charge in [-0.1, -0.05) is 19.9 Å². The van der Waals surface area contributed by atoms with E-state index in [1.165, 1.54) is 18.2 Å². The molecule has 1 aliphatic rings. The van der Waals surface area contributed by atoms with Gasteiger partial charge >= 0.3 is 0 Å². The van der Waals surface area contributed by atoms with Crippen molar-refractivity contribution in [3.05, 3.63) is 35.4 Å². The summed E-state index contributed by atoms with van der Waals surface area (Å²) in [6, 6.07) is 3.84. The zero-order valence-electron chi connectivity index (χ0n) is 12.2. The minimum Gasteiger partial charge on any atom is -0.389 e. The first kappa shape index (κ1) is 15.4. The highest BCUT2D eigenvalue weighted by molar-refractivity contribution is 5.22. The Balaban J connectivity index is 2.00. The van der Waals surface area contributed by atoms with Gasteiger partial charge in [0.1, 0.15) is 11.6 Å². The highest BCUT2D eigenvalue weighted by Crippen LogP contribution is 2.28. The van der Waals surface area contributed by atoms with Crippen molar-refractivity contribution in [2.45, 2.75) is 38.7 Å². The molecular weight excluding hydrogens is 260 g/mol. The van der Waals surface area contributed by atoms with Gasteiger partial charge in [-0.05, 0) is 30.9 Å². The third kappa shape index (κ3) is 3.76. The molecule has 0 aliphatic carbocycles. The maximum Gasteiger partial charge on any atom is 0.129 e. The van der Waals surface area contributed by atoms with E-state index in [0.29, 0.717) is 18.8 Å². The standard InChI is InChI=1S/C16H23F2NO/c1-12(2)11-19-8-6-16(20,7-9-19)10-13-14(17)4-3-5-15(13)18/h3-5,12,20H,6-11H2,1-2H3.